The van der Waals surface area contributed by atoms with E-state index >= 15 is 0 Å². The minimum Gasteiger partial charge on any atom is -0.469 e. The van der Waals surface area contributed by atoms with E-state index in [-0.39, 0.29) is 28.1 Å². The number of carbonyl (C=O) groups is 1. The fourth-order valence-electron chi connectivity index (χ4n) is 1.48. The predicted octanol–water partition coefficient (Wildman–Crippen LogP) is 1.88. The Labute approximate surface area is 130 Å². The van der Waals surface area contributed by atoms with Crippen molar-refractivity contribution < 1.29 is 22.9 Å². The maximum absolute atomic E-state index is 12.4. The Balaban J connectivity index is 3.04. The summed E-state index contributed by atoms with van der Waals surface area (Å²) in [6.45, 7) is 1.63. The van der Waals surface area contributed by atoms with Crippen LogP contribution in [0.4, 0.5) is 5.69 Å². The Bertz CT molecular complexity index is 642. The van der Waals surface area contributed by atoms with Gasteiger partial charge in [-0.1, -0.05) is 18.5 Å². The van der Waals surface area contributed by atoms with E-state index in [1.54, 1.807) is 6.92 Å². The minimum absolute atomic E-state index is 0.0746. The summed E-state index contributed by atoms with van der Waals surface area (Å²) < 4.78 is 29.8. The summed E-state index contributed by atoms with van der Waals surface area (Å²) in [6.07, 6.45) is -0.106. The summed E-state index contributed by atoms with van der Waals surface area (Å²) >= 11 is 6.27. The fraction of sp³-hybridized carbons (Fsp3) is 0.500. The number of nitrogens with zero attached hydrogens (tertiary/aromatic N) is 2. The summed E-state index contributed by atoms with van der Waals surface area (Å²) in [5.74, 6) is -0.543. The summed E-state index contributed by atoms with van der Waals surface area (Å²) in [5.41, 5.74) is -0.454. The first-order valence-electron chi connectivity index (χ1n) is 5.74. The molecule has 1 aromatic rings. The standard InChI is InChI=1S/C10H13ClN2O6S2/c1-3-12(5-4-8(14)19-2)21(17,18)9-6-7(13(15)16)10(11)20-9/h6H,3-5H2,1-2H3. The van der Waals surface area contributed by atoms with Crippen LogP contribution in [0.3, 0.4) is 0 Å². The summed E-state index contributed by atoms with van der Waals surface area (Å²) in [4.78, 5) is 21.1. The molecule has 118 valence electrons. The lowest BCUT2D eigenvalue weighted by Gasteiger charge is -2.18. The monoisotopic (exact) mass is 356 g/mol. The number of rotatable bonds is 7. The number of nitro groups is 1. The number of thiophene rings is 1. The van der Waals surface area contributed by atoms with Gasteiger partial charge in [-0.25, -0.2) is 8.42 Å². The molecule has 0 amide bonds. The average molecular weight is 357 g/mol. The number of halogens is 1. The molecule has 0 radical (unpaired) electrons. The largest absolute Gasteiger partial charge is 0.469 e. The molecule has 11 heteroatoms. The van der Waals surface area contributed by atoms with Crippen LogP contribution in [0.1, 0.15) is 13.3 Å². The van der Waals surface area contributed by atoms with Gasteiger partial charge in [-0.2, -0.15) is 4.31 Å². The molecule has 0 fully saturated rings. The molecule has 0 spiro atoms. The molecule has 21 heavy (non-hydrogen) atoms. The molecule has 0 bridgehead atoms. The highest BCUT2D eigenvalue weighted by atomic mass is 35.5. The number of hydrogen-bond acceptors (Lipinski definition) is 7. The molecule has 0 aromatic carbocycles. The lowest BCUT2D eigenvalue weighted by Crippen LogP contribution is -2.32. The molecule has 0 aliphatic rings. The van der Waals surface area contributed by atoms with E-state index in [2.05, 4.69) is 4.74 Å². The predicted molar refractivity (Wildman–Crippen MR) is 77.0 cm³/mol. The Morgan fingerprint density at radius 1 is 1.57 bits per heavy atom. The Hall–Kier alpha value is -1.23. The van der Waals surface area contributed by atoms with Crippen LogP contribution in [-0.2, 0) is 19.6 Å². The van der Waals surface area contributed by atoms with Gasteiger partial charge in [0.25, 0.3) is 15.7 Å². The van der Waals surface area contributed by atoms with Crippen LogP contribution in [0.2, 0.25) is 4.34 Å². The van der Waals surface area contributed by atoms with Crippen LogP contribution in [0.25, 0.3) is 0 Å². The molecule has 1 heterocycles. The number of methoxy groups -OCH3 is 1. The van der Waals surface area contributed by atoms with E-state index in [4.69, 9.17) is 11.6 Å². The Morgan fingerprint density at radius 3 is 2.62 bits per heavy atom. The highest BCUT2D eigenvalue weighted by molar-refractivity contribution is 7.91. The lowest BCUT2D eigenvalue weighted by atomic mass is 10.4. The summed E-state index contributed by atoms with van der Waals surface area (Å²) in [5, 5.41) is 10.7. The fourth-order valence-corrected chi connectivity index (χ4v) is 4.75. The molecule has 0 aliphatic carbocycles. The molecule has 1 aromatic heterocycles. The molecule has 1 rings (SSSR count). The normalized spacial score (nSPS) is 11.6. The molecule has 0 aliphatic heterocycles. The molecule has 0 atom stereocenters. The van der Waals surface area contributed by atoms with Gasteiger partial charge in [-0.3, -0.25) is 14.9 Å². The topological polar surface area (TPSA) is 107 Å². The molecule has 0 saturated heterocycles. The zero-order valence-electron chi connectivity index (χ0n) is 11.2. The van der Waals surface area contributed by atoms with Gasteiger partial charge < -0.3 is 4.74 Å². The Kier molecular flexibility index (Phi) is 6.08. The van der Waals surface area contributed by atoms with Crippen molar-refractivity contribution in [1.82, 2.24) is 4.31 Å². The first-order valence-corrected chi connectivity index (χ1v) is 8.38. The van der Waals surface area contributed by atoms with Gasteiger partial charge in [-0.05, 0) is 0 Å². The molecular formula is C10H13ClN2O6S2. The second-order valence-corrected chi connectivity index (χ2v) is 7.62. The van der Waals surface area contributed by atoms with Crippen molar-refractivity contribution in [2.75, 3.05) is 20.2 Å². The first-order chi connectivity index (χ1) is 9.73. The molecular weight excluding hydrogens is 344 g/mol. The first kappa shape index (κ1) is 17.8. The van der Waals surface area contributed by atoms with Gasteiger partial charge in [0.2, 0.25) is 0 Å². The zero-order valence-corrected chi connectivity index (χ0v) is 13.6. The van der Waals surface area contributed by atoms with Gasteiger partial charge in [-0.15, -0.1) is 11.3 Å². The molecule has 0 N–H and O–H groups in total. The third kappa shape index (κ3) is 4.13. The van der Waals surface area contributed by atoms with E-state index in [1.165, 1.54) is 7.11 Å². The maximum atomic E-state index is 12.4. The maximum Gasteiger partial charge on any atom is 0.306 e. The van der Waals surface area contributed by atoms with Crippen LogP contribution in [0, 0.1) is 10.1 Å². The van der Waals surface area contributed by atoms with Crippen molar-refractivity contribution in [3.8, 4) is 0 Å². The van der Waals surface area contributed by atoms with Crippen molar-refractivity contribution in [2.24, 2.45) is 0 Å². The van der Waals surface area contributed by atoms with Gasteiger partial charge >= 0.3 is 5.97 Å². The van der Waals surface area contributed by atoms with Crippen molar-refractivity contribution in [1.29, 1.82) is 0 Å². The van der Waals surface area contributed by atoms with Gasteiger partial charge in [0.05, 0.1) is 18.5 Å². The molecule has 8 nitrogen and oxygen atoms in total. The van der Waals surface area contributed by atoms with Gasteiger partial charge in [0, 0.05) is 19.2 Å². The number of esters is 1. The Morgan fingerprint density at radius 2 is 2.19 bits per heavy atom. The highest BCUT2D eigenvalue weighted by Crippen LogP contribution is 2.37. The third-order valence-electron chi connectivity index (χ3n) is 2.58. The number of ether oxygens (including phenoxy) is 1. The number of sulfonamides is 1. The van der Waals surface area contributed by atoms with Gasteiger partial charge in [0.15, 0.2) is 4.34 Å². The van der Waals surface area contributed by atoms with Crippen molar-refractivity contribution in [3.05, 3.63) is 20.5 Å². The second-order valence-electron chi connectivity index (χ2n) is 3.80. The lowest BCUT2D eigenvalue weighted by molar-refractivity contribution is -0.384. The van der Waals surface area contributed by atoms with E-state index in [0.29, 0.717) is 11.3 Å². The highest BCUT2D eigenvalue weighted by Gasteiger charge is 2.30. The van der Waals surface area contributed by atoms with Crippen LogP contribution in [0.15, 0.2) is 10.3 Å². The quantitative estimate of drug-likeness (QED) is 0.419. The SMILES string of the molecule is CCN(CCC(=O)OC)S(=O)(=O)c1cc([N+](=O)[O-])c(Cl)s1. The van der Waals surface area contributed by atoms with Gasteiger partial charge in [0.1, 0.15) is 4.21 Å². The van der Waals surface area contributed by atoms with E-state index in [1.807, 2.05) is 0 Å². The van der Waals surface area contributed by atoms with Crippen molar-refractivity contribution >= 4 is 44.6 Å². The van der Waals surface area contributed by atoms with E-state index in [0.717, 1.165) is 10.4 Å². The number of carbonyl (C=O) groups excluding carboxylic acids is 1. The van der Waals surface area contributed by atoms with E-state index in [9.17, 15) is 23.3 Å². The van der Waals surface area contributed by atoms with Crippen LogP contribution >= 0.6 is 22.9 Å². The summed E-state index contributed by atoms with van der Waals surface area (Å²) in [6, 6.07) is 0.920. The smallest absolute Gasteiger partial charge is 0.306 e. The minimum atomic E-state index is -3.94. The summed E-state index contributed by atoms with van der Waals surface area (Å²) in [7, 11) is -2.73. The average Bonchev–Trinajstić information content (AvgIpc) is 2.81. The zero-order chi connectivity index (χ0) is 16.2. The van der Waals surface area contributed by atoms with E-state index < -0.39 is 26.6 Å². The van der Waals surface area contributed by atoms with Crippen LogP contribution < -0.4 is 0 Å². The van der Waals surface area contributed by atoms with Crippen LogP contribution in [-0.4, -0.2) is 43.8 Å². The van der Waals surface area contributed by atoms with Crippen molar-refractivity contribution in [3.63, 3.8) is 0 Å². The third-order valence-corrected chi connectivity index (χ3v) is 6.34. The van der Waals surface area contributed by atoms with Crippen molar-refractivity contribution in [2.45, 2.75) is 17.6 Å². The second kappa shape index (κ2) is 7.16. The molecule has 0 unspecified atom stereocenters. The van der Waals surface area contributed by atoms with Crippen LogP contribution in [0.5, 0.6) is 0 Å². The molecule has 0 saturated carbocycles. The number of hydrogen-bond donors (Lipinski definition) is 0.